The van der Waals surface area contributed by atoms with Crippen LogP contribution in [0.5, 0.6) is 0 Å². The van der Waals surface area contributed by atoms with Gasteiger partial charge in [0.05, 0.1) is 19.8 Å². The molecule has 1 unspecified atom stereocenters. The van der Waals surface area contributed by atoms with E-state index in [4.69, 9.17) is 9.47 Å². The second kappa shape index (κ2) is 4.79. The molecule has 5 heteroatoms. The number of alkyl halides is 1. The highest BCUT2D eigenvalue weighted by Crippen LogP contribution is 2.12. The smallest absolute Gasteiger partial charge is 0.410 e. The Kier molecular flexibility index (Phi) is 3.90. The maximum atomic E-state index is 13.1. The van der Waals surface area contributed by atoms with Crippen molar-refractivity contribution in [2.45, 2.75) is 32.5 Å². The first-order valence-electron chi connectivity index (χ1n) is 5.08. The summed E-state index contributed by atoms with van der Waals surface area (Å²) in [4.78, 5) is 12.9. The zero-order valence-corrected chi connectivity index (χ0v) is 9.46. The van der Waals surface area contributed by atoms with Crippen molar-refractivity contribution in [2.24, 2.45) is 0 Å². The molecule has 0 N–H and O–H groups in total. The van der Waals surface area contributed by atoms with E-state index in [1.165, 1.54) is 4.90 Å². The SMILES string of the molecule is CC(C)(C)OC(=O)N1CCOCC(F)C1. The highest BCUT2D eigenvalue weighted by Gasteiger charge is 2.26. The van der Waals surface area contributed by atoms with Crippen molar-refractivity contribution in [1.29, 1.82) is 0 Å². The first kappa shape index (κ1) is 12.2. The monoisotopic (exact) mass is 219 g/mol. The summed E-state index contributed by atoms with van der Waals surface area (Å²) in [6.07, 6.45) is -1.60. The number of carbonyl (C=O) groups is 1. The van der Waals surface area contributed by atoms with Crippen molar-refractivity contribution >= 4 is 6.09 Å². The molecule has 0 saturated carbocycles. The van der Waals surface area contributed by atoms with E-state index in [-0.39, 0.29) is 13.2 Å². The number of ether oxygens (including phenoxy) is 2. The van der Waals surface area contributed by atoms with Crippen molar-refractivity contribution in [3.63, 3.8) is 0 Å². The third kappa shape index (κ3) is 4.46. The minimum absolute atomic E-state index is 0.0505. The molecule has 1 fully saturated rings. The number of rotatable bonds is 0. The van der Waals surface area contributed by atoms with Gasteiger partial charge < -0.3 is 14.4 Å². The summed E-state index contributed by atoms with van der Waals surface area (Å²) in [7, 11) is 0. The largest absolute Gasteiger partial charge is 0.444 e. The maximum absolute atomic E-state index is 13.1. The van der Waals surface area contributed by atoms with Crippen molar-refractivity contribution < 1.29 is 18.7 Å². The Balaban J connectivity index is 2.50. The lowest BCUT2D eigenvalue weighted by Gasteiger charge is -2.26. The second-order valence-corrected chi connectivity index (χ2v) is 4.60. The van der Waals surface area contributed by atoms with Gasteiger partial charge in [-0.05, 0) is 20.8 Å². The number of halogens is 1. The summed E-state index contributed by atoms with van der Waals surface area (Å²) in [6, 6.07) is 0. The maximum Gasteiger partial charge on any atom is 0.410 e. The molecule has 0 aliphatic carbocycles. The highest BCUT2D eigenvalue weighted by atomic mass is 19.1. The van der Waals surface area contributed by atoms with E-state index in [9.17, 15) is 9.18 Å². The molecule has 15 heavy (non-hydrogen) atoms. The van der Waals surface area contributed by atoms with Crippen LogP contribution in [0.4, 0.5) is 9.18 Å². The van der Waals surface area contributed by atoms with Gasteiger partial charge in [0.15, 0.2) is 0 Å². The van der Waals surface area contributed by atoms with Crippen LogP contribution in [0.1, 0.15) is 20.8 Å². The van der Waals surface area contributed by atoms with E-state index >= 15 is 0 Å². The predicted molar refractivity (Wildman–Crippen MR) is 53.5 cm³/mol. The van der Waals surface area contributed by atoms with Crippen LogP contribution in [0, 0.1) is 0 Å². The quantitative estimate of drug-likeness (QED) is 0.621. The average Bonchev–Trinajstić information content (AvgIpc) is 2.26. The molecule has 1 atom stereocenters. The normalized spacial score (nSPS) is 23.5. The van der Waals surface area contributed by atoms with Gasteiger partial charge in [-0.1, -0.05) is 0 Å². The Bertz CT molecular complexity index is 227. The molecule has 0 aromatic carbocycles. The van der Waals surface area contributed by atoms with E-state index in [2.05, 4.69) is 0 Å². The molecule has 0 aromatic rings. The summed E-state index contributed by atoms with van der Waals surface area (Å²) >= 11 is 0. The first-order valence-corrected chi connectivity index (χ1v) is 5.08. The zero-order chi connectivity index (χ0) is 11.5. The van der Waals surface area contributed by atoms with Crippen LogP contribution in [0.25, 0.3) is 0 Å². The van der Waals surface area contributed by atoms with E-state index in [0.29, 0.717) is 13.2 Å². The van der Waals surface area contributed by atoms with E-state index in [0.717, 1.165) is 0 Å². The van der Waals surface area contributed by atoms with Gasteiger partial charge in [0.1, 0.15) is 11.8 Å². The average molecular weight is 219 g/mol. The van der Waals surface area contributed by atoms with Crippen LogP contribution in [-0.4, -0.2) is 49.1 Å². The number of nitrogens with zero attached hydrogens (tertiary/aromatic N) is 1. The van der Waals surface area contributed by atoms with Gasteiger partial charge in [0.25, 0.3) is 0 Å². The molecule has 1 heterocycles. The fourth-order valence-electron chi connectivity index (χ4n) is 1.26. The first-order chi connectivity index (χ1) is 6.88. The van der Waals surface area contributed by atoms with Crippen LogP contribution in [0.2, 0.25) is 0 Å². The molecule has 1 aliphatic heterocycles. The van der Waals surface area contributed by atoms with Crippen molar-refractivity contribution in [3.8, 4) is 0 Å². The Morgan fingerprint density at radius 2 is 2.20 bits per heavy atom. The molecule has 0 radical (unpaired) electrons. The van der Waals surface area contributed by atoms with Crippen molar-refractivity contribution in [2.75, 3.05) is 26.3 Å². The molecule has 0 spiro atoms. The minimum Gasteiger partial charge on any atom is -0.444 e. The molecule has 4 nitrogen and oxygen atoms in total. The third-order valence-corrected chi connectivity index (χ3v) is 1.87. The van der Waals surface area contributed by atoms with E-state index in [1.807, 2.05) is 0 Å². The Morgan fingerprint density at radius 3 is 2.80 bits per heavy atom. The van der Waals surface area contributed by atoms with Crippen molar-refractivity contribution in [3.05, 3.63) is 0 Å². The van der Waals surface area contributed by atoms with Gasteiger partial charge >= 0.3 is 6.09 Å². The lowest BCUT2D eigenvalue weighted by atomic mass is 10.2. The molecule has 1 amide bonds. The number of carbonyl (C=O) groups excluding carboxylic acids is 1. The Hall–Kier alpha value is -0.840. The predicted octanol–water partition coefficient (Wildman–Crippen LogP) is 1.59. The lowest BCUT2D eigenvalue weighted by molar-refractivity contribution is 0.0226. The Morgan fingerprint density at radius 1 is 1.53 bits per heavy atom. The Labute approximate surface area is 89.3 Å². The van der Waals surface area contributed by atoms with Gasteiger partial charge in [-0.25, -0.2) is 9.18 Å². The second-order valence-electron chi connectivity index (χ2n) is 4.60. The van der Waals surface area contributed by atoms with Gasteiger partial charge in [-0.15, -0.1) is 0 Å². The fraction of sp³-hybridized carbons (Fsp3) is 0.900. The standard InChI is InChI=1S/C10H18FNO3/c1-10(2,3)15-9(13)12-4-5-14-7-8(11)6-12/h8H,4-7H2,1-3H3. The lowest BCUT2D eigenvalue weighted by Crippen LogP contribution is -2.40. The molecular weight excluding hydrogens is 201 g/mol. The third-order valence-electron chi connectivity index (χ3n) is 1.87. The number of hydrogen-bond donors (Lipinski definition) is 0. The van der Waals surface area contributed by atoms with Crippen LogP contribution in [0.3, 0.4) is 0 Å². The van der Waals surface area contributed by atoms with Crippen LogP contribution >= 0.6 is 0 Å². The van der Waals surface area contributed by atoms with Gasteiger partial charge in [0.2, 0.25) is 0 Å². The van der Waals surface area contributed by atoms with Crippen molar-refractivity contribution in [1.82, 2.24) is 4.90 Å². The molecule has 0 bridgehead atoms. The van der Waals surface area contributed by atoms with E-state index < -0.39 is 17.9 Å². The summed E-state index contributed by atoms with van der Waals surface area (Å²) in [5, 5.41) is 0. The molecule has 1 aliphatic rings. The highest BCUT2D eigenvalue weighted by molar-refractivity contribution is 5.68. The summed E-state index contributed by atoms with van der Waals surface area (Å²) in [5.41, 5.74) is -0.546. The van der Waals surface area contributed by atoms with Crippen LogP contribution < -0.4 is 0 Å². The molecular formula is C10H18FNO3. The molecule has 1 rings (SSSR count). The molecule has 1 saturated heterocycles. The molecule has 88 valence electrons. The summed E-state index contributed by atoms with van der Waals surface area (Å²) in [5.74, 6) is 0. The fourth-order valence-corrected chi connectivity index (χ4v) is 1.26. The van der Waals surface area contributed by atoms with Gasteiger partial charge in [0, 0.05) is 6.54 Å². The topological polar surface area (TPSA) is 38.8 Å². The number of hydrogen-bond acceptors (Lipinski definition) is 3. The van der Waals surface area contributed by atoms with Crippen LogP contribution in [-0.2, 0) is 9.47 Å². The minimum atomic E-state index is -1.12. The summed E-state index contributed by atoms with van der Waals surface area (Å²) in [6.45, 7) is 6.20. The van der Waals surface area contributed by atoms with E-state index in [1.54, 1.807) is 20.8 Å². The molecule has 0 aromatic heterocycles. The number of amides is 1. The van der Waals surface area contributed by atoms with Gasteiger partial charge in [-0.3, -0.25) is 0 Å². The van der Waals surface area contributed by atoms with Crippen LogP contribution in [0.15, 0.2) is 0 Å². The zero-order valence-electron chi connectivity index (χ0n) is 9.46. The van der Waals surface area contributed by atoms with Gasteiger partial charge in [-0.2, -0.15) is 0 Å². The summed E-state index contributed by atoms with van der Waals surface area (Å²) < 4.78 is 23.3.